The van der Waals surface area contributed by atoms with Crippen molar-refractivity contribution in [3.8, 4) is 0 Å². The molecule has 0 radical (unpaired) electrons. The van der Waals surface area contributed by atoms with E-state index in [2.05, 4.69) is 15.0 Å². The lowest BCUT2D eigenvalue weighted by atomic mass is 10.2. The van der Waals surface area contributed by atoms with Crippen molar-refractivity contribution in [3.05, 3.63) is 35.6 Å². The number of hydrogen-bond donors (Lipinski definition) is 2. The first kappa shape index (κ1) is 15.7. The number of halogens is 1. The Bertz CT molecular complexity index is 631. The normalized spacial score (nSPS) is 16.5. The average Bonchev–Trinajstić information content (AvgIpc) is 2.40. The van der Waals surface area contributed by atoms with Gasteiger partial charge < -0.3 is 5.32 Å². The van der Waals surface area contributed by atoms with Gasteiger partial charge in [-0.15, -0.1) is 0 Å². The number of guanidine groups is 1. The Kier molecular flexibility index (Phi) is 4.79. The van der Waals surface area contributed by atoms with Gasteiger partial charge in [0.05, 0.1) is 18.6 Å². The molecule has 0 unspecified atom stereocenters. The van der Waals surface area contributed by atoms with Crippen LogP contribution in [0.3, 0.4) is 0 Å². The zero-order chi connectivity index (χ0) is 15.5. The largest absolute Gasteiger partial charge is 0.343 e. The summed E-state index contributed by atoms with van der Waals surface area (Å²) in [6.07, 6.45) is 0. The summed E-state index contributed by atoms with van der Waals surface area (Å²) in [5, 5.41) is 2.39. The molecule has 0 saturated heterocycles. The molecule has 1 aliphatic heterocycles. The van der Waals surface area contributed by atoms with Gasteiger partial charge >= 0.3 is 0 Å². The topological polar surface area (TPSA) is 73.8 Å². The van der Waals surface area contributed by atoms with Crippen LogP contribution in [0.25, 0.3) is 0 Å². The molecule has 0 atom stereocenters. The molecule has 2 rings (SSSR count). The van der Waals surface area contributed by atoms with Gasteiger partial charge in [-0.2, -0.15) is 0 Å². The van der Waals surface area contributed by atoms with E-state index in [1.807, 2.05) is 11.0 Å². The standard InChI is InChI=1S/C13H19FN4O2S/c1-10(2)21(19,20)17-13-15-8-18(9-16-13)7-11-4-3-5-12(14)6-11/h3-6,10H,7-9H2,1-2H3,(H2,15,16,17). The van der Waals surface area contributed by atoms with Gasteiger partial charge in [-0.05, 0) is 31.5 Å². The number of aliphatic imine (C=N–C) groups is 1. The summed E-state index contributed by atoms with van der Waals surface area (Å²) in [6.45, 7) is 4.53. The van der Waals surface area contributed by atoms with Crippen LogP contribution >= 0.6 is 0 Å². The Morgan fingerprint density at radius 2 is 2.24 bits per heavy atom. The van der Waals surface area contributed by atoms with E-state index in [9.17, 15) is 12.8 Å². The van der Waals surface area contributed by atoms with E-state index < -0.39 is 15.3 Å². The molecule has 1 aromatic carbocycles. The Labute approximate surface area is 124 Å². The number of rotatable bonds is 4. The summed E-state index contributed by atoms with van der Waals surface area (Å²) in [5.74, 6) is -0.0226. The summed E-state index contributed by atoms with van der Waals surface area (Å²) < 4.78 is 39.0. The molecule has 0 aromatic heterocycles. The third kappa shape index (κ3) is 4.40. The number of sulfonamides is 1. The molecular formula is C13H19FN4O2S. The zero-order valence-corrected chi connectivity index (χ0v) is 12.8. The molecule has 0 bridgehead atoms. The summed E-state index contributed by atoms with van der Waals surface area (Å²) in [5.41, 5.74) is 0.846. The smallest absolute Gasteiger partial charge is 0.237 e. The fourth-order valence-electron chi connectivity index (χ4n) is 1.78. The van der Waals surface area contributed by atoms with Crippen molar-refractivity contribution in [3.63, 3.8) is 0 Å². The van der Waals surface area contributed by atoms with E-state index >= 15 is 0 Å². The van der Waals surface area contributed by atoms with Crippen LogP contribution in [0.5, 0.6) is 0 Å². The second kappa shape index (κ2) is 6.40. The van der Waals surface area contributed by atoms with Gasteiger partial charge in [-0.3, -0.25) is 9.62 Å². The predicted molar refractivity (Wildman–Crippen MR) is 79.4 cm³/mol. The molecule has 21 heavy (non-hydrogen) atoms. The molecule has 0 aliphatic carbocycles. The maximum Gasteiger partial charge on any atom is 0.237 e. The second-order valence-electron chi connectivity index (χ2n) is 5.14. The van der Waals surface area contributed by atoms with E-state index in [-0.39, 0.29) is 11.8 Å². The van der Waals surface area contributed by atoms with Gasteiger partial charge in [0.2, 0.25) is 16.0 Å². The fraction of sp³-hybridized carbons (Fsp3) is 0.462. The molecule has 0 fully saturated rings. The zero-order valence-electron chi connectivity index (χ0n) is 12.0. The highest BCUT2D eigenvalue weighted by molar-refractivity contribution is 7.90. The quantitative estimate of drug-likeness (QED) is 0.863. The molecule has 0 saturated carbocycles. The Hall–Kier alpha value is -1.67. The molecule has 116 valence electrons. The summed E-state index contributed by atoms with van der Waals surface area (Å²) in [4.78, 5) is 6.08. The van der Waals surface area contributed by atoms with Crippen molar-refractivity contribution in [2.45, 2.75) is 25.6 Å². The third-order valence-corrected chi connectivity index (χ3v) is 4.77. The van der Waals surface area contributed by atoms with Crippen LogP contribution in [-0.4, -0.2) is 37.9 Å². The van der Waals surface area contributed by atoms with Gasteiger partial charge in [0.25, 0.3) is 0 Å². The number of nitrogens with zero attached hydrogens (tertiary/aromatic N) is 2. The van der Waals surface area contributed by atoms with Crippen LogP contribution in [0.1, 0.15) is 19.4 Å². The molecule has 1 aromatic rings. The van der Waals surface area contributed by atoms with Crippen LogP contribution < -0.4 is 10.0 Å². The monoisotopic (exact) mass is 314 g/mol. The molecule has 1 heterocycles. The maximum atomic E-state index is 13.1. The fourth-order valence-corrected chi connectivity index (χ4v) is 2.43. The highest BCUT2D eigenvalue weighted by Gasteiger charge is 2.20. The first-order chi connectivity index (χ1) is 9.87. The Morgan fingerprint density at radius 3 is 2.81 bits per heavy atom. The molecule has 8 heteroatoms. The lowest BCUT2D eigenvalue weighted by molar-refractivity contribution is 0.255. The Balaban J connectivity index is 1.93. The molecule has 2 N–H and O–H groups in total. The van der Waals surface area contributed by atoms with Gasteiger partial charge in [0.15, 0.2) is 0 Å². The summed E-state index contributed by atoms with van der Waals surface area (Å²) >= 11 is 0. The molecule has 6 nitrogen and oxygen atoms in total. The van der Waals surface area contributed by atoms with Crippen molar-refractivity contribution in [1.29, 1.82) is 0 Å². The van der Waals surface area contributed by atoms with Gasteiger partial charge in [0.1, 0.15) is 5.82 Å². The molecular weight excluding hydrogens is 295 g/mol. The molecule has 0 amide bonds. The second-order valence-corrected chi connectivity index (χ2v) is 7.37. The third-order valence-electron chi connectivity index (χ3n) is 3.05. The highest BCUT2D eigenvalue weighted by Crippen LogP contribution is 2.08. The first-order valence-electron chi connectivity index (χ1n) is 6.63. The van der Waals surface area contributed by atoms with Gasteiger partial charge in [0, 0.05) is 6.54 Å². The van der Waals surface area contributed by atoms with Gasteiger partial charge in [-0.25, -0.2) is 17.8 Å². The van der Waals surface area contributed by atoms with Crippen LogP contribution in [0.2, 0.25) is 0 Å². The summed E-state index contributed by atoms with van der Waals surface area (Å²) in [6, 6.07) is 6.37. The van der Waals surface area contributed by atoms with Crippen molar-refractivity contribution in [2.75, 3.05) is 13.3 Å². The lowest BCUT2D eigenvalue weighted by Crippen LogP contribution is -2.51. The number of benzene rings is 1. The molecule has 1 aliphatic rings. The van der Waals surface area contributed by atoms with E-state index in [0.717, 1.165) is 5.56 Å². The Morgan fingerprint density at radius 1 is 1.48 bits per heavy atom. The maximum absolute atomic E-state index is 13.1. The van der Waals surface area contributed by atoms with Crippen molar-refractivity contribution in [1.82, 2.24) is 14.9 Å². The highest BCUT2D eigenvalue weighted by atomic mass is 32.2. The van der Waals surface area contributed by atoms with Crippen LogP contribution in [0, 0.1) is 5.82 Å². The minimum Gasteiger partial charge on any atom is -0.343 e. The van der Waals surface area contributed by atoms with Crippen LogP contribution in [0.15, 0.2) is 29.3 Å². The van der Waals surface area contributed by atoms with Crippen LogP contribution in [0.4, 0.5) is 4.39 Å². The summed E-state index contributed by atoms with van der Waals surface area (Å²) in [7, 11) is -3.39. The van der Waals surface area contributed by atoms with Crippen molar-refractivity contribution in [2.24, 2.45) is 4.99 Å². The van der Waals surface area contributed by atoms with Crippen molar-refractivity contribution < 1.29 is 12.8 Å². The van der Waals surface area contributed by atoms with E-state index in [1.165, 1.54) is 12.1 Å². The van der Waals surface area contributed by atoms with Gasteiger partial charge in [-0.1, -0.05) is 12.1 Å². The number of nitrogens with one attached hydrogen (secondary N) is 2. The number of hydrogen-bond acceptors (Lipinski definition) is 5. The van der Waals surface area contributed by atoms with E-state index in [0.29, 0.717) is 19.9 Å². The van der Waals surface area contributed by atoms with Crippen molar-refractivity contribution >= 4 is 16.0 Å². The minimum absolute atomic E-state index is 0.249. The van der Waals surface area contributed by atoms with E-state index in [4.69, 9.17) is 0 Å². The first-order valence-corrected chi connectivity index (χ1v) is 8.18. The average molecular weight is 314 g/mol. The SMILES string of the molecule is CC(C)S(=O)(=O)NC1=NCN(Cc2cccc(F)c2)CN1. The van der Waals surface area contributed by atoms with Crippen LogP contribution in [-0.2, 0) is 16.6 Å². The lowest BCUT2D eigenvalue weighted by Gasteiger charge is -2.27. The molecule has 0 spiro atoms. The predicted octanol–water partition coefficient (Wildman–Crippen LogP) is 0.830. The minimum atomic E-state index is -3.39. The van der Waals surface area contributed by atoms with E-state index in [1.54, 1.807) is 19.9 Å².